The standard InChI is InChI=1S/C20H20N4O/c1-13(2)24-14(3)22-18-10-16(6-9-19(18)24)11-20(25)23-17-7-4-15(12-21)5-8-17/h4-10,13H,11H2,1-3H3,(H,23,25). The summed E-state index contributed by atoms with van der Waals surface area (Å²) in [5, 5.41) is 11.7. The number of aryl methyl sites for hydroxylation is 1. The fourth-order valence-corrected chi connectivity index (χ4v) is 3.05. The largest absolute Gasteiger partial charge is 0.326 e. The Hall–Kier alpha value is -3.13. The Balaban J connectivity index is 1.76. The summed E-state index contributed by atoms with van der Waals surface area (Å²) in [5.74, 6) is 0.883. The lowest BCUT2D eigenvalue weighted by Crippen LogP contribution is -2.14. The monoisotopic (exact) mass is 332 g/mol. The number of carbonyl (C=O) groups is 1. The van der Waals surface area contributed by atoms with Crippen LogP contribution in [-0.2, 0) is 11.2 Å². The van der Waals surface area contributed by atoms with Crippen molar-refractivity contribution in [3.05, 3.63) is 59.4 Å². The van der Waals surface area contributed by atoms with Crippen molar-refractivity contribution < 1.29 is 4.79 Å². The van der Waals surface area contributed by atoms with Crippen LogP contribution in [0.25, 0.3) is 11.0 Å². The molecule has 0 spiro atoms. The third kappa shape index (κ3) is 3.53. The van der Waals surface area contributed by atoms with Gasteiger partial charge in [-0.2, -0.15) is 5.26 Å². The fraction of sp³-hybridized carbons (Fsp3) is 0.250. The molecular weight excluding hydrogens is 312 g/mol. The Morgan fingerprint density at radius 1 is 1.24 bits per heavy atom. The average molecular weight is 332 g/mol. The molecule has 0 unspecified atom stereocenters. The number of amides is 1. The molecule has 5 heteroatoms. The van der Waals surface area contributed by atoms with Gasteiger partial charge in [-0.05, 0) is 62.7 Å². The highest BCUT2D eigenvalue weighted by molar-refractivity contribution is 5.93. The summed E-state index contributed by atoms with van der Waals surface area (Å²) < 4.78 is 2.19. The zero-order chi connectivity index (χ0) is 18.0. The molecule has 1 aromatic heterocycles. The van der Waals surface area contributed by atoms with Crippen molar-refractivity contribution in [2.75, 3.05) is 5.32 Å². The highest BCUT2D eigenvalue weighted by Gasteiger charge is 2.12. The van der Waals surface area contributed by atoms with Gasteiger partial charge in [0.05, 0.1) is 29.1 Å². The molecule has 25 heavy (non-hydrogen) atoms. The molecule has 0 aliphatic rings. The molecule has 0 atom stereocenters. The quantitative estimate of drug-likeness (QED) is 0.785. The molecule has 0 fully saturated rings. The molecule has 3 rings (SSSR count). The van der Waals surface area contributed by atoms with Crippen LogP contribution in [0.1, 0.15) is 36.8 Å². The van der Waals surface area contributed by atoms with Gasteiger partial charge in [-0.1, -0.05) is 6.07 Å². The van der Waals surface area contributed by atoms with Crippen molar-refractivity contribution in [2.45, 2.75) is 33.2 Å². The second-order valence-corrected chi connectivity index (χ2v) is 6.36. The molecule has 0 bridgehead atoms. The normalized spacial score (nSPS) is 10.8. The van der Waals surface area contributed by atoms with E-state index in [9.17, 15) is 4.79 Å². The van der Waals surface area contributed by atoms with E-state index in [1.54, 1.807) is 24.3 Å². The number of rotatable bonds is 4. The van der Waals surface area contributed by atoms with Crippen LogP contribution in [0.5, 0.6) is 0 Å². The molecular formula is C20H20N4O. The van der Waals surface area contributed by atoms with E-state index in [0.717, 1.165) is 22.4 Å². The van der Waals surface area contributed by atoms with Crippen LogP contribution in [0.3, 0.4) is 0 Å². The van der Waals surface area contributed by atoms with E-state index in [4.69, 9.17) is 5.26 Å². The lowest BCUT2D eigenvalue weighted by atomic mass is 10.1. The molecule has 0 saturated carbocycles. The number of anilines is 1. The number of aromatic nitrogens is 2. The van der Waals surface area contributed by atoms with Crippen LogP contribution in [0.15, 0.2) is 42.5 Å². The second-order valence-electron chi connectivity index (χ2n) is 6.36. The topological polar surface area (TPSA) is 70.7 Å². The van der Waals surface area contributed by atoms with Gasteiger partial charge in [0.25, 0.3) is 0 Å². The highest BCUT2D eigenvalue weighted by Crippen LogP contribution is 2.22. The van der Waals surface area contributed by atoms with Gasteiger partial charge < -0.3 is 9.88 Å². The number of nitriles is 1. The van der Waals surface area contributed by atoms with Gasteiger partial charge >= 0.3 is 0 Å². The lowest BCUT2D eigenvalue weighted by molar-refractivity contribution is -0.115. The van der Waals surface area contributed by atoms with Crippen molar-refractivity contribution >= 4 is 22.6 Å². The van der Waals surface area contributed by atoms with Crippen molar-refractivity contribution in [3.8, 4) is 6.07 Å². The summed E-state index contributed by atoms with van der Waals surface area (Å²) in [4.78, 5) is 16.9. The molecule has 1 N–H and O–H groups in total. The van der Waals surface area contributed by atoms with E-state index < -0.39 is 0 Å². The minimum Gasteiger partial charge on any atom is -0.326 e. The van der Waals surface area contributed by atoms with Gasteiger partial charge in [0.2, 0.25) is 5.91 Å². The zero-order valence-electron chi connectivity index (χ0n) is 14.6. The Bertz CT molecular complexity index is 962. The van der Waals surface area contributed by atoms with Crippen molar-refractivity contribution in [1.29, 1.82) is 5.26 Å². The van der Waals surface area contributed by atoms with Crippen LogP contribution in [-0.4, -0.2) is 15.5 Å². The highest BCUT2D eigenvalue weighted by atomic mass is 16.1. The molecule has 5 nitrogen and oxygen atoms in total. The minimum absolute atomic E-state index is 0.0935. The van der Waals surface area contributed by atoms with Gasteiger partial charge in [-0.15, -0.1) is 0 Å². The molecule has 0 aliphatic heterocycles. The second kappa shape index (κ2) is 6.78. The van der Waals surface area contributed by atoms with Gasteiger partial charge in [0.1, 0.15) is 5.82 Å². The van der Waals surface area contributed by atoms with Crippen LogP contribution in [0, 0.1) is 18.3 Å². The first kappa shape index (κ1) is 16.7. The number of nitrogens with zero attached hydrogens (tertiary/aromatic N) is 3. The summed E-state index contributed by atoms with van der Waals surface area (Å²) in [6.45, 7) is 6.26. The van der Waals surface area contributed by atoms with E-state index in [-0.39, 0.29) is 12.3 Å². The van der Waals surface area contributed by atoms with E-state index in [1.165, 1.54) is 0 Å². The molecule has 3 aromatic rings. The third-order valence-corrected chi connectivity index (χ3v) is 4.11. The summed E-state index contributed by atoms with van der Waals surface area (Å²) in [6.07, 6.45) is 0.281. The maximum absolute atomic E-state index is 12.3. The average Bonchev–Trinajstić information content (AvgIpc) is 2.90. The van der Waals surface area contributed by atoms with Crippen molar-refractivity contribution in [3.63, 3.8) is 0 Å². The predicted molar refractivity (Wildman–Crippen MR) is 98.3 cm³/mol. The predicted octanol–water partition coefficient (Wildman–Crippen LogP) is 3.98. The number of nitrogens with one attached hydrogen (secondary N) is 1. The molecule has 0 saturated heterocycles. The first-order valence-electron chi connectivity index (χ1n) is 8.25. The maximum atomic E-state index is 12.3. The molecule has 126 valence electrons. The molecule has 0 aliphatic carbocycles. The van der Waals surface area contributed by atoms with Crippen LogP contribution >= 0.6 is 0 Å². The summed E-state index contributed by atoms with van der Waals surface area (Å²) in [6, 6.07) is 15.2. The smallest absolute Gasteiger partial charge is 0.228 e. The van der Waals surface area contributed by atoms with Crippen LogP contribution in [0.4, 0.5) is 5.69 Å². The first-order chi connectivity index (χ1) is 12.0. The van der Waals surface area contributed by atoms with Gasteiger partial charge in [0, 0.05) is 11.7 Å². The fourth-order valence-electron chi connectivity index (χ4n) is 3.05. The van der Waals surface area contributed by atoms with Gasteiger partial charge in [0.15, 0.2) is 0 Å². The van der Waals surface area contributed by atoms with E-state index in [2.05, 4.69) is 34.8 Å². The number of carbonyl (C=O) groups excluding carboxylic acids is 1. The number of fused-ring (bicyclic) bond motifs is 1. The molecule has 1 amide bonds. The minimum atomic E-state index is -0.0935. The van der Waals surface area contributed by atoms with Gasteiger partial charge in [-0.25, -0.2) is 4.98 Å². The van der Waals surface area contributed by atoms with E-state index in [1.807, 2.05) is 25.1 Å². The zero-order valence-corrected chi connectivity index (χ0v) is 14.6. The Labute approximate surface area is 146 Å². The number of imidazole rings is 1. The van der Waals surface area contributed by atoms with E-state index >= 15 is 0 Å². The third-order valence-electron chi connectivity index (χ3n) is 4.11. The van der Waals surface area contributed by atoms with Crippen molar-refractivity contribution in [1.82, 2.24) is 9.55 Å². The molecule has 2 aromatic carbocycles. The Morgan fingerprint density at radius 2 is 1.96 bits per heavy atom. The SMILES string of the molecule is Cc1nc2cc(CC(=O)Nc3ccc(C#N)cc3)ccc2n1C(C)C. The summed E-state index contributed by atoms with van der Waals surface area (Å²) >= 11 is 0. The maximum Gasteiger partial charge on any atom is 0.228 e. The lowest BCUT2D eigenvalue weighted by Gasteiger charge is -2.10. The Morgan fingerprint density at radius 3 is 2.60 bits per heavy atom. The number of hydrogen-bond acceptors (Lipinski definition) is 3. The molecule has 0 radical (unpaired) electrons. The van der Waals surface area contributed by atoms with Crippen LogP contribution < -0.4 is 5.32 Å². The number of hydrogen-bond donors (Lipinski definition) is 1. The molecule has 1 heterocycles. The first-order valence-corrected chi connectivity index (χ1v) is 8.25. The van der Waals surface area contributed by atoms with Crippen LogP contribution in [0.2, 0.25) is 0 Å². The summed E-state index contributed by atoms with van der Waals surface area (Å²) in [7, 11) is 0. The Kier molecular flexibility index (Phi) is 4.53. The number of benzene rings is 2. The van der Waals surface area contributed by atoms with E-state index in [0.29, 0.717) is 17.3 Å². The summed E-state index contributed by atoms with van der Waals surface area (Å²) in [5.41, 5.74) is 4.18. The van der Waals surface area contributed by atoms with Crippen molar-refractivity contribution in [2.24, 2.45) is 0 Å². The van der Waals surface area contributed by atoms with Gasteiger partial charge in [-0.3, -0.25) is 4.79 Å².